The van der Waals surface area contributed by atoms with Gasteiger partial charge in [0.15, 0.2) is 11.6 Å². The fourth-order valence-electron chi connectivity index (χ4n) is 1.09. The van der Waals surface area contributed by atoms with Crippen LogP contribution in [0.5, 0.6) is 5.75 Å². The van der Waals surface area contributed by atoms with E-state index in [0.29, 0.717) is 5.56 Å². The Morgan fingerprint density at radius 1 is 1.64 bits per heavy atom. The van der Waals surface area contributed by atoms with E-state index in [1.807, 2.05) is 0 Å². The van der Waals surface area contributed by atoms with E-state index in [1.165, 1.54) is 19.2 Å². The van der Waals surface area contributed by atoms with Crippen LogP contribution in [0.25, 0.3) is 0 Å². The maximum absolute atomic E-state index is 13.3. The summed E-state index contributed by atoms with van der Waals surface area (Å²) >= 11 is 5.73. The Bertz CT molecular complexity index is 310. The van der Waals surface area contributed by atoms with Crippen LogP contribution in [0, 0.1) is 5.82 Å². The molecule has 0 unspecified atom stereocenters. The number of hydrogen-bond donors (Lipinski definition) is 2. The first-order valence-electron chi connectivity index (χ1n) is 3.99. The van der Waals surface area contributed by atoms with Gasteiger partial charge >= 0.3 is 0 Å². The molecule has 1 atom stereocenters. The summed E-state index contributed by atoms with van der Waals surface area (Å²) in [5.74, 6) is -0.598. The zero-order chi connectivity index (χ0) is 10.7. The second-order valence-corrected chi connectivity index (χ2v) is 3.21. The Morgan fingerprint density at radius 2 is 2.29 bits per heavy atom. The van der Waals surface area contributed by atoms with Gasteiger partial charge in [-0.05, 0) is 17.7 Å². The average molecular weight is 220 g/mol. The van der Waals surface area contributed by atoms with Crippen LogP contribution < -0.4 is 10.5 Å². The first-order valence-corrected chi connectivity index (χ1v) is 4.37. The molecule has 0 fully saturated rings. The second kappa shape index (κ2) is 4.59. The SMILES string of the molecule is COc1c(F)cc([C@H](N)CO)cc1Cl. The van der Waals surface area contributed by atoms with Gasteiger partial charge in [-0.3, -0.25) is 0 Å². The van der Waals surface area contributed by atoms with E-state index in [0.717, 1.165) is 0 Å². The molecule has 0 spiro atoms. The van der Waals surface area contributed by atoms with E-state index in [1.54, 1.807) is 0 Å². The highest BCUT2D eigenvalue weighted by atomic mass is 35.5. The van der Waals surface area contributed by atoms with Crippen LogP contribution in [0.4, 0.5) is 4.39 Å². The molecule has 3 N–H and O–H groups in total. The van der Waals surface area contributed by atoms with Crippen molar-refractivity contribution in [3.8, 4) is 5.75 Å². The van der Waals surface area contributed by atoms with Crippen molar-refractivity contribution in [2.75, 3.05) is 13.7 Å². The fourth-order valence-corrected chi connectivity index (χ4v) is 1.39. The van der Waals surface area contributed by atoms with Gasteiger partial charge in [0.05, 0.1) is 24.8 Å². The third-order valence-electron chi connectivity index (χ3n) is 1.85. The van der Waals surface area contributed by atoms with Gasteiger partial charge in [-0.15, -0.1) is 0 Å². The molecule has 0 saturated carbocycles. The first-order chi connectivity index (χ1) is 6.60. The van der Waals surface area contributed by atoms with Crippen LogP contribution >= 0.6 is 11.6 Å². The molecular formula is C9H11ClFNO2. The van der Waals surface area contributed by atoms with Gasteiger partial charge in [0.25, 0.3) is 0 Å². The molecule has 0 heterocycles. The highest BCUT2D eigenvalue weighted by molar-refractivity contribution is 6.32. The maximum Gasteiger partial charge on any atom is 0.173 e. The fraction of sp³-hybridized carbons (Fsp3) is 0.333. The lowest BCUT2D eigenvalue weighted by molar-refractivity contribution is 0.267. The molecule has 0 aromatic heterocycles. The molecule has 14 heavy (non-hydrogen) atoms. The molecule has 5 heteroatoms. The molecule has 0 aliphatic rings. The zero-order valence-corrected chi connectivity index (χ0v) is 8.38. The van der Waals surface area contributed by atoms with Crippen LogP contribution in [0.1, 0.15) is 11.6 Å². The van der Waals surface area contributed by atoms with Crippen molar-refractivity contribution in [2.24, 2.45) is 5.73 Å². The van der Waals surface area contributed by atoms with Gasteiger partial charge in [0.1, 0.15) is 0 Å². The van der Waals surface area contributed by atoms with E-state index in [4.69, 9.17) is 27.2 Å². The van der Waals surface area contributed by atoms with E-state index in [9.17, 15) is 4.39 Å². The summed E-state index contributed by atoms with van der Waals surface area (Å²) in [5.41, 5.74) is 5.95. The molecular weight excluding hydrogens is 209 g/mol. The number of rotatable bonds is 3. The summed E-state index contributed by atoms with van der Waals surface area (Å²) in [6, 6.07) is 2.04. The molecule has 0 aliphatic heterocycles. The zero-order valence-electron chi connectivity index (χ0n) is 7.63. The predicted molar refractivity (Wildman–Crippen MR) is 52.0 cm³/mol. The molecule has 0 amide bonds. The molecule has 0 bridgehead atoms. The van der Waals surface area contributed by atoms with Crippen molar-refractivity contribution >= 4 is 11.6 Å². The van der Waals surface area contributed by atoms with Gasteiger partial charge in [0.2, 0.25) is 0 Å². The lowest BCUT2D eigenvalue weighted by Gasteiger charge is -2.11. The van der Waals surface area contributed by atoms with E-state index in [2.05, 4.69) is 0 Å². The number of ether oxygens (including phenoxy) is 1. The minimum absolute atomic E-state index is 0.0134. The molecule has 3 nitrogen and oxygen atoms in total. The van der Waals surface area contributed by atoms with Crippen LogP contribution in [0.2, 0.25) is 5.02 Å². The third kappa shape index (κ3) is 2.15. The normalized spacial score (nSPS) is 12.6. The topological polar surface area (TPSA) is 55.5 Å². The third-order valence-corrected chi connectivity index (χ3v) is 2.13. The summed E-state index contributed by atoms with van der Waals surface area (Å²) < 4.78 is 18.0. The number of benzene rings is 1. The number of methoxy groups -OCH3 is 1. The van der Waals surface area contributed by atoms with Crippen molar-refractivity contribution in [3.63, 3.8) is 0 Å². The summed E-state index contributed by atoms with van der Waals surface area (Å²) in [6.07, 6.45) is 0. The Hall–Kier alpha value is -0.840. The Labute approximate surface area is 86.2 Å². The van der Waals surface area contributed by atoms with Crippen LogP contribution in [0.15, 0.2) is 12.1 Å². The molecule has 78 valence electrons. The highest BCUT2D eigenvalue weighted by Crippen LogP contribution is 2.30. The smallest absolute Gasteiger partial charge is 0.173 e. The highest BCUT2D eigenvalue weighted by Gasteiger charge is 2.13. The van der Waals surface area contributed by atoms with Crippen molar-refractivity contribution in [3.05, 3.63) is 28.5 Å². The number of hydrogen-bond acceptors (Lipinski definition) is 3. The largest absolute Gasteiger partial charge is 0.492 e. The monoisotopic (exact) mass is 219 g/mol. The van der Waals surface area contributed by atoms with Gasteiger partial charge in [-0.1, -0.05) is 11.6 Å². The Morgan fingerprint density at radius 3 is 2.71 bits per heavy atom. The number of nitrogens with two attached hydrogens (primary N) is 1. The molecule has 0 saturated heterocycles. The lowest BCUT2D eigenvalue weighted by Crippen LogP contribution is -2.14. The molecule has 1 aromatic carbocycles. The quantitative estimate of drug-likeness (QED) is 0.810. The average Bonchev–Trinajstić information content (AvgIpc) is 2.16. The van der Waals surface area contributed by atoms with Crippen LogP contribution in [-0.2, 0) is 0 Å². The standard InChI is InChI=1S/C9H11ClFNO2/c1-14-9-6(10)2-5(3-7(9)11)8(12)4-13/h2-3,8,13H,4,12H2,1H3/t8-/m1/s1. The number of halogens is 2. The first kappa shape index (κ1) is 11.2. The minimum Gasteiger partial charge on any atom is -0.492 e. The Balaban J connectivity index is 3.13. The van der Waals surface area contributed by atoms with Gasteiger partial charge in [-0.2, -0.15) is 0 Å². The minimum atomic E-state index is -0.632. The summed E-state index contributed by atoms with van der Waals surface area (Å²) in [4.78, 5) is 0. The predicted octanol–water partition coefficient (Wildman–Crippen LogP) is 1.48. The maximum atomic E-state index is 13.3. The van der Waals surface area contributed by atoms with E-state index in [-0.39, 0.29) is 17.4 Å². The van der Waals surface area contributed by atoms with Crippen LogP contribution in [0.3, 0.4) is 0 Å². The Kier molecular flexibility index (Phi) is 3.69. The van der Waals surface area contributed by atoms with Crippen molar-refractivity contribution in [1.29, 1.82) is 0 Å². The molecule has 1 aromatic rings. The molecule has 0 aliphatic carbocycles. The van der Waals surface area contributed by atoms with Crippen molar-refractivity contribution in [1.82, 2.24) is 0 Å². The number of aliphatic hydroxyl groups excluding tert-OH is 1. The van der Waals surface area contributed by atoms with Crippen LogP contribution in [-0.4, -0.2) is 18.8 Å². The molecule has 0 radical (unpaired) electrons. The molecule has 1 rings (SSSR count). The summed E-state index contributed by atoms with van der Waals surface area (Å²) in [5, 5.41) is 8.92. The van der Waals surface area contributed by atoms with Crippen molar-refractivity contribution < 1.29 is 14.2 Å². The van der Waals surface area contributed by atoms with Gasteiger partial charge in [-0.25, -0.2) is 4.39 Å². The lowest BCUT2D eigenvalue weighted by atomic mass is 10.1. The van der Waals surface area contributed by atoms with Gasteiger partial charge in [0, 0.05) is 0 Å². The van der Waals surface area contributed by atoms with E-state index < -0.39 is 11.9 Å². The van der Waals surface area contributed by atoms with Crippen molar-refractivity contribution in [2.45, 2.75) is 6.04 Å². The summed E-state index contributed by atoms with van der Waals surface area (Å²) in [7, 11) is 1.33. The second-order valence-electron chi connectivity index (χ2n) is 2.81. The summed E-state index contributed by atoms with van der Waals surface area (Å²) in [6.45, 7) is -0.262. The van der Waals surface area contributed by atoms with Gasteiger partial charge < -0.3 is 15.6 Å². The van der Waals surface area contributed by atoms with E-state index >= 15 is 0 Å². The number of aliphatic hydroxyl groups is 1.